The van der Waals surface area contributed by atoms with Gasteiger partial charge in [0.05, 0.1) is 5.69 Å². The Labute approximate surface area is 207 Å². The molecule has 4 aromatic rings. The molecule has 0 aliphatic heterocycles. The van der Waals surface area contributed by atoms with Crippen LogP contribution in [-0.4, -0.2) is 23.7 Å². The maximum Gasteiger partial charge on any atom is 0.407 e. The normalized spacial score (nSPS) is 13.1. The van der Waals surface area contributed by atoms with Gasteiger partial charge in [0, 0.05) is 23.7 Å². The third kappa shape index (κ3) is 4.83. The molecule has 0 radical (unpaired) electrons. The van der Waals surface area contributed by atoms with Crippen LogP contribution in [0.2, 0.25) is 0 Å². The van der Waals surface area contributed by atoms with Gasteiger partial charge in [0.2, 0.25) is 0 Å². The van der Waals surface area contributed by atoms with Crippen molar-refractivity contribution in [1.29, 1.82) is 0 Å². The molecule has 1 N–H and O–H groups in total. The summed E-state index contributed by atoms with van der Waals surface area (Å²) in [6.07, 6.45) is 3.17. The Morgan fingerprint density at radius 1 is 0.886 bits per heavy atom. The Kier molecular flexibility index (Phi) is 6.62. The fraction of sp³-hybridized carbons (Fsp3) is 0.226. The van der Waals surface area contributed by atoms with Gasteiger partial charge in [-0.3, -0.25) is 4.98 Å². The van der Waals surface area contributed by atoms with E-state index in [1.54, 1.807) is 0 Å². The first-order valence-electron chi connectivity index (χ1n) is 12.3. The van der Waals surface area contributed by atoms with E-state index >= 15 is 0 Å². The first-order valence-corrected chi connectivity index (χ1v) is 12.3. The van der Waals surface area contributed by atoms with E-state index in [2.05, 4.69) is 84.0 Å². The molecule has 5 rings (SSSR count). The average Bonchev–Trinajstić information content (AvgIpc) is 3.21. The van der Waals surface area contributed by atoms with Gasteiger partial charge >= 0.3 is 6.09 Å². The second kappa shape index (κ2) is 10.1. The van der Waals surface area contributed by atoms with Crippen LogP contribution >= 0.6 is 0 Å². The van der Waals surface area contributed by atoms with Crippen LogP contribution in [0.5, 0.6) is 0 Å². The van der Waals surface area contributed by atoms with Crippen LogP contribution in [0.3, 0.4) is 0 Å². The molecule has 1 aliphatic carbocycles. The number of benzene rings is 3. The molecule has 1 aliphatic rings. The molecule has 0 bridgehead atoms. The summed E-state index contributed by atoms with van der Waals surface area (Å²) >= 11 is 0. The number of amides is 1. The molecule has 0 saturated heterocycles. The number of nitrogens with zero attached hydrogens (tertiary/aromatic N) is 1. The smallest absolute Gasteiger partial charge is 0.407 e. The summed E-state index contributed by atoms with van der Waals surface area (Å²) in [6.45, 7) is 4.46. The molecule has 35 heavy (non-hydrogen) atoms. The Morgan fingerprint density at radius 3 is 2.14 bits per heavy atom. The van der Waals surface area contributed by atoms with Crippen LogP contribution in [-0.2, 0) is 17.6 Å². The van der Waals surface area contributed by atoms with E-state index in [4.69, 9.17) is 4.74 Å². The average molecular weight is 463 g/mol. The van der Waals surface area contributed by atoms with Crippen molar-refractivity contribution in [3.05, 3.63) is 113 Å². The Morgan fingerprint density at radius 2 is 1.51 bits per heavy atom. The zero-order valence-corrected chi connectivity index (χ0v) is 20.2. The molecule has 1 amide bonds. The van der Waals surface area contributed by atoms with Crippen molar-refractivity contribution in [2.75, 3.05) is 6.61 Å². The topological polar surface area (TPSA) is 51.2 Å². The van der Waals surface area contributed by atoms with E-state index in [1.807, 2.05) is 31.3 Å². The minimum absolute atomic E-state index is 0.0613. The maximum absolute atomic E-state index is 12.6. The van der Waals surface area contributed by atoms with E-state index in [0.717, 1.165) is 17.7 Å². The van der Waals surface area contributed by atoms with Gasteiger partial charge < -0.3 is 10.1 Å². The zero-order chi connectivity index (χ0) is 24.2. The summed E-state index contributed by atoms with van der Waals surface area (Å²) < 4.78 is 5.68. The third-order valence-corrected chi connectivity index (χ3v) is 6.75. The molecule has 3 aromatic carbocycles. The molecule has 0 spiro atoms. The van der Waals surface area contributed by atoms with E-state index in [-0.39, 0.29) is 18.1 Å². The van der Waals surface area contributed by atoms with Crippen molar-refractivity contribution in [2.45, 2.75) is 38.6 Å². The summed E-state index contributed by atoms with van der Waals surface area (Å²) in [5.41, 5.74) is 9.39. The van der Waals surface area contributed by atoms with Gasteiger partial charge in [0.25, 0.3) is 0 Å². The van der Waals surface area contributed by atoms with Crippen molar-refractivity contribution in [3.8, 4) is 22.4 Å². The molecule has 4 heteroatoms. The Bertz CT molecular complexity index is 1280. The van der Waals surface area contributed by atoms with Crippen molar-refractivity contribution in [2.24, 2.45) is 0 Å². The number of hydrogen-bond donors (Lipinski definition) is 1. The highest BCUT2D eigenvalue weighted by atomic mass is 16.5. The van der Waals surface area contributed by atoms with E-state index in [1.165, 1.54) is 33.4 Å². The fourth-order valence-electron chi connectivity index (χ4n) is 5.03. The molecule has 1 aromatic heterocycles. The molecule has 1 atom stereocenters. The number of pyridine rings is 1. The minimum atomic E-state index is -0.388. The SMILES string of the molecule is CCc1ccccc1-c1ccc(C[C@@H](C)NC(=O)OCC2c3ccccc3-c3ccccc32)cn1. The van der Waals surface area contributed by atoms with Gasteiger partial charge in [-0.05, 0) is 59.2 Å². The lowest BCUT2D eigenvalue weighted by atomic mass is 9.98. The quantitative estimate of drug-likeness (QED) is 0.329. The first-order chi connectivity index (χ1) is 17.1. The maximum atomic E-state index is 12.6. The van der Waals surface area contributed by atoms with Crippen LogP contribution in [0.1, 0.15) is 42.0 Å². The van der Waals surface area contributed by atoms with Gasteiger partial charge in [-0.2, -0.15) is 0 Å². The van der Waals surface area contributed by atoms with Gasteiger partial charge in [-0.25, -0.2) is 4.79 Å². The lowest BCUT2D eigenvalue weighted by Crippen LogP contribution is -2.35. The number of fused-ring (bicyclic) bond motifs is 3. The fourth-order valence-corrected chi connectivity index (χ4v) is 5.03. The number of aromatic nitrogens is 1. The highest BCUT2D eigenvalue weighted by Gasteiger charge is 2.29. The van der Waals surface area contributed by atoms with Crippen LogP contribution < -0.4 is 5.32 Å². The summed E-state index contributed by atoms with van der Waals surface area (Å²) in [5.74, 6) is 0.0613. The first kappa shape index (κ1) is 22.9. The number of ether oxygens (including phenoxy) is 1. The van der Waals surface area contributed by atoms with Crippen LogP contribution in [0, 0.1) is 0 Å². The highest BCUT2D eigenvalue weighted by Crippen LogP contribution is 2.44. The van der Waals surface area contributed by atoms with Gasteiger partial charge in [0.1, 0.15) is 6.61 Å². The summed E-state index contributed by atoms with van der Waals surface area (Å²) in [6, 6.07) is 29.2. The molecular weight excluding hydrogens is 432 g/mol. The zero-order valence-electron chi connectivity index (χ0n) is 20.2. The predicted molar refractivity (Wildman–Crippen MR) is 140 cm³/mol. The molecular formula is C31H30N2O2. The molecule has 0 fully saturated rings. The summed E-state index contributed by atoms with van der Waals surface area (Å²) in [7, 11) is 0. The van der Waals surface area contributed by atoms with Crippen molar-refractivity contribution in [1.82, 2.24) is 10.3 Å². The Balaban J connectivity index is 1.18. The Hall–Kier alpha value is -3.92. The highest BCUT2D eigenvalue weighted by molar-refractivity contribution is 5.79. The molecule has 0 unspecified atom stereocenters. The second-order valence-electron chi connectivity index (χ2n) is 9.14. The number of carbonyl (C=O) groups excluding carboxylic acids is 1. The largest absolute Gasteiger partial charge is 0.449 e. The summed E-state index contributed by atoms with van der Waals surface area (Å²) in [4.78, 5) is 17.3. The van der Waals surface area contributed by atoms with Crippen LogP contribution in [0.25, 0.3) is 22.4 Å². The number of hydrogen-bond acceptors (Lipinski definition) is 3. The van der Waals surface area contributed by atoms with Gasteiger partial charge in [0.15, 0.2) is 0 Å². The summed E-state index contributed by atoms with van der Waals surface area (Å²) in [5, 5.41) is 2.98. The lowest BCUT2D eigenvalue weighted by molar-refractivity contribution is 0.139. The lowest BCUT2D eigenvalue weighted by Gasteiger charge is -2.17. The number of alkyl carbamates (subject to hydrolysis) is 1. The second-order valence-corrected chi connectivity index (χ2v) is 9.14. The van der Waals surface area contributed by atoms with Crippen molar-refractivity contribution in [3.63, 3.8) is 0 Å². The van der Waals surface area contributed by atoms with Gasteiger partial charge in [-0.1, -0.05) is 85.8 Å². The molecule has 176 valence electrons. The van der Waals surface area contributed by atoms with E-state index in [9.17, 15) is 4.79 Å². The van der Waals surface area contributed by atoms with Crippen molar-refractivity contribution < 1.29 is 9.53 Å². The molecule has 1 heterocycles. The monoisotopic (exact) mass is 462 g/mol. The number of nitrogens with one attached hydrogen (secondary N) is 1. The van der Waals surface area contributed by atoms with Crippen LogP contribution in [0.15, 0.2) is 91.1 Å². The number of carbonyl (C=O) groups is 1. The molecule has 0 saturated carbocycles. The molecule has 4 nitrogen and oxygen atoms in total. The van der Waals surface area contributed by atoms with Crippen molar-refractivity contribution >= 4 is 6.09 Å². The van der Waals surface area contributed by atoms with E-state index < -0.39 is 0 Å². The number of aryl methyl sites for hydroxylation is 1. The number of rotatable bonds is 7. The minimum Gasteiger partial charge on any atom is -0.449 e. The third-order valence-electron chi connectivity index (χ3n) is 6.75. The standard InChI is InChI=1S/C31H30N2O2/c1-3-23-10-4-5-11-24(23)30-17-16-22(19-32-30)18-21(2)33-31(34)35-20-29-27-14-8-6-12-25(27)26-13-7-9-15-28(26)29/h4-17,19,21,29H,3,18,20H2,1-2H3,(H,33,34)/t21-/m1/s1. The van der Waals surface area contributed by atoms with Gasteiger partial charge in [-0.15, -0.1) is 0 Å². The predicted octanol–water partition coefficient (Wildman–Crippen LogP) is 6.78. The van der Waals surface area contributed by atoms with E-state index in [0.29, 0.717) is 13.0 Å². The van der Waals surface area contributed by atoms with Crippen LogP contribution in [0.4, 0.5) is 4.79 Å².